The Bertz CT molecular complexity index is 1030. The van der Waals surface area contributed by atoms with Crippen LogP contribution in [-0.4, -0.2) is 59.3 Å². The van der Waals surface area contributed by atoms with Gasteiger partial charge < -0.3 is 25.0 Å². The first-order valence-corrected chi connectivity index (χ1v) is 10.0. The minimum atomic E-state index is -1.41. The van der Waals surface area contributed by atoms with Crippen LogP contribution >= 0.6 is 0 Å². The smallest absolute Gasteiger partial charge is 0.345 e. The molecule has 1 aliphatic carbocycles. The highest BCUT2D eigenvalue weighted by molar-refractivity contribution is 5.92. The number of pyridine rings is 1. The molecule has 2 aliphatic rings. The molecule has 4 rings (SSSR count). The van der Waals surface area contributed by atoms with Crippen LogP contribution in [0.2, 0.25) is 0 Å². The fraction of sp³-hybridized carbons (Fsp3) is 0.455. The first kappa shape index (κ1) is 19.5. The van der Waals surface area contributed by atoms with Gasteiger partial charge in [-0.25, -0.2) is 4.79 Å². The Morgan fingerprint density at radius 1 is 1.28 bits per heavy atom. The molecular weight excluding hydrogens is 370 g/mol. The molecule has 0 radical (unpaired) electrons. The lowest BCUT2D eigenvalue weighted by molar-refractivity contribution is 0.0691. The summed E-state index contributed by atoms with van der Waals surface area (Å²) < 4.78 is 0. The van der Waals surface area contributed by atoms with Crippen molar-refractivity contribution in [3.05, 3.63) is 45.2 Å². The van der Waals surface area contributed by atoms with Crippen molar-refractivity contribution in [2.24, 2.45) is 0 Å². The normalized spacial score (nSPS) is 21.0. The largest absolute Gasteiger partial charge is 0.506 e. The van der Waals surface area contributed by atoms with E-state index in [1.165, 1.54) is 0 Å². The number of aromatic carboxylic acids is 1. The van der Waals surface area contributed by atoms with Gasteiger partial charge in [0.15, 0.2) is 5.56 Å². The van der Waals surface area contributed by atoms with Crippen LogP contribution in [-0.2, 0) is 6.42 Å². The summed E-state index contributed by atoms with van der Waals surface area (Å²) in [4.78, 5) is 31.2. The van der Waals surface area contributed by atoms with Crippen LogP contribution in [0, 0.1) is 0 Å². The molecule has 1 saturated heterocycles. The third kappa shape index (κ3) is 3.29. The predicted octanol–water partition coefficient (Wildman–Crippen LogP) is 2.64. The summed E-state index contributed by atoms with van der Waals surface area (Å²) in [5.74, 6) is -1.89. The average molecular weight is 397 g/mol. The lowest BCUT2D eigenvalue weighted by Gasteiger charge is -2.23. The van der Waals surface area contributed by atoms with Crippen LogP contribution in [0.5, 0.6) is 5.75 Å². The van der Waals surface area contributed by atoms with Crippen molar-refractivity contribution in [3.8, 4) is 17.0 Å². The first-order chi connectivity index (χ1) is 13.8. The molecule has 1 aromatic heterocycles. The van der Waals surface area contributed by atoms with Crippen molar-refractivity contribution in [1.29, 1.82) is 0 Å². The maximum atomic E-state index is 12.3. The molecule has 7 nitrogen and oxygen atoms in total. The van der Waals surface area contributed by atoms with E-state index in [1.54, 1.807) is 0 Å². The minimum Gasteiger partial charge on any atom is -0.506 e. The van der Waals surface area contributed by atoms with Crippen molar-refractivity contribution in [3.63, 3.8) is 0 Å². The standard InChI is InChI=1S/C22H27N3O4/c1-12-4-5-13-10-14(25-9-8-15(11-25)24(2)3)6-7-16(13)19-17(12)20(26)18(22(28)29)21(27)23-19/h6-7,10,12,15H,4-5,8-9,11H2,1-3H3,(H,28,29)(H2,23,26,27). The fourth-order valence-electron chi connectivity index (χ4n) is 4.64. The highest BCUT2D eigenvalue weighted by Crippen LogP contribution is 2.42. The number of aryl methyl sites for hydroxylation is 1. The zero-order valence-electron chi connectivity index (χ0n) is 17.0. The van der Waals surface area contributed by atoms with Crippen molar-refractivity contribution in [1.82, 2.24) is 9.88 Å². The number of rotatable bonds is 3. The molecule has 2 aromatic rings. The van der Waals surface area contributed by atoms with E-state index >= 15 is 0 Å². The number of H-pyrrole nitrogens is 1. The molecule has 2 atom stereocenters. The number of nitrogens with zero attached hydrogens (tertiary/aromatic N) is 2. The Morgan fingerprint density at radius 2 is 2.03 bits per heavy atom. The molecule has 0 saturated carbocycles. The van der Waals surface area contributed by atoms with Crippen molar-refractivity contribution >= 4 is 11.7 Å². The quantitative estimate of drug-likeness (QED) is 0.737. The lowest BCUT2D eigenvalue weighted by Crippen LogP contribution is -2.31. The van der Waals surface area contributed by atoms with Gasteiger partial charge in [0.2, 0.25) is 0 Å². The van der Waals surface area contributed by atoms with E-state index in [0.717, 1.165) is 49.2 Å². The van der Waals surface area contributed by atoms with Crippen molar-refractivity contribution < 1.29 is 15.0 Å². The number of nitrogens with one attached hydrogen (secondary N) is 1. The van der Waals surface area contributed by atoms with Gasteiger partial charge in [-0.3, -0.25) is 4.79 Å². The molecule has 3 N–H and O–H groups in total. The number of likely N-dealkylation sites (N-methyl/N-ethyl adjacent to an activating group) is 1. The monoisotopic (exact) mass is 397 g/mol. The zero-order chi connectivity index (χ0) is 20.9. The molecular formula is C22H27N3O4. The number of fused-ring (bicyclic) bond motifs is 3. The maximum absolute atomic E-state index is 12.3. The van der Waals surface area contributed by atoms with Gasteiger partial charge in [-0.15, -0.1) is 0 Å². The molecule has 154 valence electrons. The van der Waals surface area contributed by atoms with Gasteiger partial charge in [0.05, 0.1) is 5.69 Å². The lowest BCUT2D eigenvalue weighted by atomic mass is 9.93. The van der Waals surface area contributed by atoms with Gasteiger partial charge >= 0.3 is 5.97 Å². The molecule has 1 aromatic carbocycles. The molecule has 2 unspecified atom stereocenters. The number of aromatic nitrogens is 1. The summed E-state index contributed by atoms with van der Waals surface area (Å²) >= 11 is 0. The van der Waals surface area contributed by atoms with Gasteiger partial charge in [0, 0.05) is 35.9 Å². The summed E-state index contributed by atoms with van der Waals surface area (Å²) in [5.41, 5.74) is 2.84. The van der Waals surface area contributed by atoms with Crippen LogP contribution in [0.3, 0.4) is 0 Å². The Kier molecular flexibility index (Phi) is 4.86. The Hall–Kier alpha value is -2.80. The number of benzene rings is 1. The van der Waals surface area contributed by atoms with E-state index in [0.29, 0.717) is 17.3 Å². The first-order valence-electron chi connectivity index (χ1n) is 10.0. The van der Waals surface area contributed by atoms with Crippen LogP contribution in [0.25, 0.3) is 11.3 Å². The zero-order valence-corrected chi connectivity index (χ0v) is 17.0. The number of carboxylic acid groups (broad SMARTS) is 1. The van der Waals surface area contributed by atoms with Crippen molar-refractivity contribution in [2.45, 2.75) is 38.1 Å². The summed E-state index contributed by atoms with van der Waals surface area (Å²) in [6, 6.07) is 6.75. The molecule has 0 bridgehead atoms. The molecule has 29 heavy (non-hydrogen) atoms. The average Bonchev–Trinajstić information content (AvgIpc) is 3.11. The number of anilines is 1. The second-order valence-corrected chi connectivity index (χ2v) is 8.40. The molecule has 0 spiro atoms. The predicted molar refractivity (Wildman–Crippen MR) is 112 cm³/mol. The summed E-state index contributed by atoms with van der Waals surface area (Å²) in [6.45, 7) is 3.95. The van der Waals surface area contributed by atoms with Crippen LogP contribution in [0.15, 0.2) is 23.0 Å². The Balaban J connectivity index is 1.79. The number of carbonyl (C=O) groups is 1. The maximum Gasteiger partial charge on any atom is 0.345 e. The summed E-state index contributed by atoms with van der Waals surface area (Å²) in [5, 5.41) is 19.9. The van der Waals surface area contributed by atoms with E-state index in [9.17, 15) is 19.8 Å². The number of aromatic amines is 1. The van der Waals surface area contributed by atoms with E-state index in [4.69, 9.17) is 0 Å². The van der Waals surface area contributed by atoms with Crippen molar-refractivity contribution in [2.75, 3.05) is 32.1 Å². The molecule has 1 aliphatic heterocycles. The third-order valence-electron chi connectivity index (χ3n) is 6.40. The molecule has 2 heterocycles. The number of hydrogen-bond donors (Lipinski definition) is 3. The molecule has 1 fully saturated rings. The van der Waals surface area contributed by atoms with Crippen LogP contribution < -0.4 is 10.5 Å². The minimum absolute atomic E-state index is 0.0688. The van der Waals surface area contributed by atoms with Crippen LogP contribution in [0.1, 0.15) is 47.2 Å². The fourth-order valence-corrected chi connectivity index (χ4v) is 4.64. The summed E-state index contributed by atoms with van der Waals surface area (Å²) in [7, 11) is 4.22. The summed E-state index contributed by atoms with van der Waals surface area (Å²) in [6.07, 6.45) is 2.69. The number of hydrogen-bond acceptors (Lipinski definition) is 5. The molecule has 0 amide bonds. The van der Waals surface area contributed by atoms with Gasteiger partial charge in [-0.05, 0) is 57.0 Å². The van der Waals surface area contributed by atoms with E-state index in [-0.39, 0.29) is 5.92 Å². The topological polar surface area (TPSA) is 96.9 Å². The van der Waals surface area contributed by atoms with Gasteiger partial charge in [0.1, 0.15) is 5.75 Å². The van der Waals surface area contributed by atoms with E-state index in [1.807, 2.05) is 13.0 Å². The highest BCUT2D eigenvalue weighted by Gasteiger charge is 2.30. The van der Waals surface area contributed by atoms with E-state index in [2.05, 4.69) is 41.0 Å². The number of carboxylic acids is 1. The van der Waals surface area contributed by atoms with Gasteiger partial charge in [-0.1, -0.05) is 13.0 Å². The second kappa shape index (κ2) is 7.22. The SMILES string of the molecule is CC1CCc2cc(N3CCC(N(C)C)C3)ccc2-c2[nH]c(=O)c(C(=O)O)c(O)c21. The molecule has 7 heteroatoms. The van der Waals surface area contributed by atoms with Gasteiger partial charge in [0.25, 0.3) is 5.56 Å². The Labute approximate surface area is 169 Å². The van der Waals surface area contributed by atoms with Gasteiger partial charge in [-0.2, -0.15) is 0 Å². The number of aromatic hydroxyl groups is 1. The second-order valence-electron chi connectivity index (χ2n) is 8.40. The Morgan fingerprint density at radius 3 is 2.69 bits per heavy atom. The highest BCUT2D eigenvalue weighted by atomic mass is 16.4. The third-order valence-corrected chi connectivity index (χ3v) is 6.40. The van der Waals surface area contributed by atoms with Crippen LogP contribution in [0.4, 0.5) is 5.69 Å². The van der Waals surface area contributed by atoms with E-state index < -0.39 is 22.8 Å².